The summed E-state index contributed by atoms with van der Waals surface area (Å²) in [6.45, 7) is 2.44. The molecule has 0 radical (unpaired) electrons. The average Bonchev–Trinajstić information content (AvgIpc) is 2.90. The molecule has 4 nitrogen and oxygen atoms in total. The highest BCUT2D eigenvalue weighted by Crippen LogP contribution is 2.39. The van der Waals surface area contributed by atoms with Crippen molar-refractivity contribution >= 4 is 0 Å². The van der Waals surface area contributed by atoms with Gasteiger partial charge >= 0.3 is 18.2 Å². The molecule has 0 aliphatic carbocycles. The number of hydrogen-bond acceptors (Lipinski definition) is 4. The third-order valence-electron chi connectivity index (χ3n) is 5.86. The Kier molecular flexibility index (Phi) is 9.16. The zero-order valence-corrected chi connectivity index (χ0v) is 21.2. The van der Waals surface area contributed by atoms with Crippen LogP contribution in [0.15, 0.2) is 66.7 Å². The molecule has 1 saturated heterocycles. The fourth-order valence-electron chi connectivity index (χ4n) is 4.03. The second-order valence-corrected chi connectivity index (χ2v) is 8.81. The van der Waals surface area contributed by atoms with Crippen LogP contribution in [0.3, 0.4) is 0 Å². The van der Waals surface area contributed by atoms with E-state index in [1.165, 1.54) is 6.07 Å². The molecule has 0 atom stereocenters. The first kappa shape index (κ1) is 30.9. The standard InChI is InChI=1S/C28H18F10O4/c1-2-3-13-11-39-27(40-12-13)14-4-5-17(18(29)6-14)15-7-19(30)23(20(31)8-15)28(37,38)42-16-9-21(32)24(22(33)10-16)41-26(36)25(34)35/h2-10,13,27H,11-12H2,1H3/b3-2+. The Morgan fingerprint density at radius 3 is 1.95 bits per heavy atom. The van der Waals surface area contributed by atoms with Crippen molar-refractivity contribution in [2.45, 2.75) is 19.3 Å². The van der Waals surface area contributed by atoms with E-state index in [0.29, 0.717) is 25.3 Å². The highest BCUT2D eigenvalue weighted by Gasteiger charge is 2.42. The molecule has 0 aromatic heterocycles. The summed E-state index contributed by atoms with van der Waals surface area (Å²) in [5.41, 5.74) is -2.56. The van der Waals surface area contributed by atoms with E-state index in [4.69, 9.17) is 9.47 Å². The van der Waals surface area contributed by atoms with Crippen molar-refractivity contribution in [1.82, 2.24) is 0 Å². The Labute approximate surface area is 231 Å². The fraction of sp³-hybridized carbons (Fsp3) is 0.214. The second kappa shape index (κ2) is 12.4. The SMILES string of the molecule is C/C=C/C1COC(c2ccc(-c3cc(F)c(C(F)(F)Oc4cc(F)c(OC(F)=C(F)F)c(F)c4)c(F)c3)c(F)c2)OC1. The average molecular weight is 608 g/mol. The molecule has 3 aromatic rings. The maximum absolute atomic E-state index is 14.9. The normalized spacial score (nSPS) is 17.4. The van der Waals surface area contributed by atoms with E-state index in [0.717, 1.165) is 12.1 Å². The summed E-state index contributed by atoms with van der Waals surface area (Å²) < 4.78 is 158. The Bertz CT molecular complexity index is 1480. The van der Waals surface area contributed by atoms with Crippen LogP contribution < -0.4 is 9.47 Å². The molecule has 0 spiro atoms. The highest BCUT2D eigenvalue weighted by atomic mass is 19.3. The van der Waals surface area contributed by atoms with E-state index in [1.807, 2.05) is 19.1 Å². The Balaban J connectivity index is 1.56. The van der Waals surface area contributed by atoms with Crippen LogP contribution in [0, 0.1) is 35.0 Å². The van der Waals surface area contributed by atoms with E-state index in [2.05, 4.69) is 9.47 Å². The fourth-order valence-corrected chi connectivity index (χ4v) is 4.03. The summed E-state index contributed by atoms with van der Waals surface area (Å²) in [5, 5.41) is 0. The van der Waals surface area contributed by atoms with Crippen LogP contribution in [0.5, 0.6) is 11.5 Å². The number of hydrogen-bond donors (Lipinski definition) is 0. The van der Waals surface area contributed by atoms with Gasteiger partial charge in [-0.2, -0.15) is 22.0 Å². The summed E-state index contributed by atoms with van der Waals surface area (Å²) in [5.74, 6) is -11.8. The zero-order chi connectivity index (χ0) is 30.8. The lowest BCUT2D eigenvalue weighted by Crippen LogP contribution is -2.26. The van der Waals surface area contributed by atoms with Crippen LogP contribution in [0.25, 0.3) is 11.1 Å². The first-order valence-corrected chi connectivity index (χ1v) is 11.9. The Morgan fingerprint density at radius 2 is 1.43 bits per heavy atom. The molecule has 0 bridgehead atoms. The lowest BCUT2D eigenvalue weighted by Gasteiger charge is -2.28. The zero-order valence-electron chi connectivity index (χ0n) is 21.2. The predicted octanol–water partition coefficient (Wildman–Crippen LogP) is 8.83. The summed E-state index contributed by atoms with van der Waals surface area (Å²) in [7, 11) is 0. The number of ether oxygens (including phenoxy) is 4. The minimum absolute atomic E-state index is 0.00807. The van der Waals surface area contributed by atoms with Crippen LogP contribution in [-0.4, -0.2) is 13.2 Å². The van der Waals surface area contributed by atoms with Crippen LogP contribution >= 0.6 is 0 Å². The maximum Gasteiger partial charge on any atom is 0.432 e. The van der Waals surface area contributed by atoms with Crippen molar-refractivity contribution in [3.05, 3.63) is 107 Å². The van der Waals surface area contributed by atoms with Gasteiger partial charge in [0.25, 0.3) is 0 Å². The van der Waals surface area contributed by atoms with Gasteiger partial charge in [0.1, 0.15) is 28.8 Å². The van der Waals surface area contributed by atoms with Crippen molar-refractivity contribution in [2.75, 3.05) is 13.2 Å². The van der Waals surface area contributed by atoms with Crippen molar-refractivity contribution in [1.29, 1.82) is 0 Å². The Hall–Kier alpha value is -4.04. The van der Waals surface area contributed by atoms with Crippen molar-refractivity contribution in [3.8, 4) is 22.6 Å². The van der Waals surface area contributed by atoms with Crippen LogP contribution in [-0.2, 0) is 15.6 Å². The smallest absolute Gasteiger partial charge is 0.429 e. The first-order chi connectivity index (χ1) is 19.8. The van der Waals surface area contributed by atoms with Gasteiger partial charge in [0.05, 0.1) is 13.2 Å². The molecule has 42 heavy (non-hydrogen) atoms. The van der Waals surface area contributed by atoms with Gasteiger partial charge in [0.15, 0.2) is 17.9 Å². The third kappa shape index (κ3) is 6.71. The molecule has 1 aliphatic heterocycles. The van der Waals surface area contributed by atoms with Gasteiger partial charge in [-0.25, -0.2) is 22.0 Å². The Morgan fingerprint density at radius 1 is 0.833 bits per heavy atom. The van der Waals surface area contributed by atoms with Crippen LogP contribution in [0.4, 0.5) is 43.9 Å². The van der Waals surface area contributed by atoms with Crippen LogP contribution in [0.2, 0.25) is 0 Å². The van der Waals surface area contributed by atoms with E-state index in [-0.39, 0.29) is 29.2 Å². The van der Waals surface area contributed by atoms with Gasteiger partial charge in [-0.15, -0.1) is 0 Å². The van der Waals surface area contributed by atoms with Crippen molar-refractivity contribution in [3.63, 3.8) is 0 Å². The largest absolute Gasteiger partial charge is 0.432 e. The molecule has 4 rings (SSSR count). The number of benzene rings is 3. The first-order valence-electron chi connectivity index (χ1n) is 11.9. The molecule has 0 N–H and O–H groups in total. The van der Waals surface area contributed by atoms with Gasteiger partial charge in [-0.3, -0.25) is 0 Å². The molecule has 1 heterocycles. The molecule has 1 fully saturated rings. The summed E-state index contributed by atoms with van der Waals surface area (Å²) in [6, 6.07) is 1.59. The second-order valence-electron chi connectivity index (χ2n) is 8.81. The number of alkyl halides is 2. The van der Waals surface area contributed by atoms with E-state index < -0.39 is 76.2 Å². The molecule has 3 aromatic carbocycles. The van der Waals surface area contributed by atoms with Crippen LogP contribution in [0.1, 0.15) is 24.3 Å². The molecule has 224 valence electrons. The molecule has 0 amide bonds. The van der Waals surface area contributed by atoms with Gasteiger partial charge in [-0.1, -0.05) is 24.3 Å². The molecule has 0 saturated carbocycles. The molecule has 14 heteroatoms. The topological polar surface area (TPSA) is 36.9 Å². The molecule has 0 unspecified atom stereocenters. The summed E-state index contributed by atoms with van der Waals surface area (Å²) in [4.78, 5) is 0. The summed E-state index contributed by atoms with van der Waals surface area (Å²) in [6.07, 6.45) is -5.16. The van der Waals surface area contributed by atoms with E-state index in [9.17, 15) is 43.9 Å². The monoisotopic (exact) mass is 608 g/mol. The molecular weight excluding hydrogens is 590 g/mol. The minimum atomic E-state index is -4.90. The lowest BCUT2D eigenvalue weighted by molar-refractivity contribution is -0.197. The lowest BCUT2D eigenvalue weighted by atomic mass is 10.00. The summed E-state index contributed by atoms with van der Waals surface area (Å²) >= 11 is 0. The minimum Gasteiger partial charge on any atom is -0.429 e. The number of rotatable bonds is 8. The number of halogens is 10. The maximum atomic E-state index is 14.9. The highest BCUT2D eigenvalue weighted by molar-refractivity contribution is 5.65. The van der Waals surface area contributed by atoms with Crippen molar-refractivity contribution < 1.29 is 62.9 Å². The quantitative estimate of drug-likeness (QED) is 0.146. The van der Waals surface area contributed by atoms with Gasteiger partial charge in [0.2, 0.25) is 5.75 Å². The predicted molar refractivity (Wildman–Crippen MR) is 127 cm³/mol. The van der Waals surface area contributed by atoms with E-state index in [1.54, 1.807) is 0 Å². The van der Waals surface area contributed by atoms with Crippen molar-refractivity contribution in [2.24, 2.45) is 5.92 Å². The van der Waals surface area contributed by atoms with E-state index >= 15 is 0 Å². The molecule has 1 aliphatic rings. The van der Waals surface area contributed by atoms with Gasteiger partial charge in [-0.05, 0) is 30.7 Å². The van der Waals surface area contributed by atoms with Gasteiger partial charge in [0, 0.05) is 29.2 Å². The van der Waals surface area contributed by atoms with Gasteiger partial charge < -0.3 is 18.9 Å². The number of allylic oxidation sites excluding steroid dienone is 1. The third-order valence-corrected chi connectivity index (χ3v) is 5.86. The molecular formula is C28H18F10O4.